The van der Waals surface area contributed by atoms with Crippen LogP contribution in [0.2, 0.25) is 0 Å². The molecule has 148 valence electrons. The number of benzene rings is 2. The van der Waals surface area contributed by atoms with Crippen molar-refractivity contribution in [3.63, 3.8) is 0 Å². The highest BCUT2D eigenvalue weighted by molar-refractivity contribution is 5.95. The Balaban J connectivity index is 1.92. The number of aldehydes is 1. The Kier molecular flexibility index (Phi) is 7.75. The minimum Gasteiger partial charge on any atom is -0.481 e. The summed E-state index contributed by atoms with van der Waals surface area (Å²) in [5.74, 6) is -0.536. The molecule has 6 heteroatoms. The fraction of sp³-hybridized carbons (Fsp3) is 0.318. The second-order valence-electron chi connectivity index (χ2n) is 6.46. The molecule has 1 N–H and O–H groups in total. The molecule has 2 atom stereocenters. The molecule has 0 saturated carbocycles. The SMILES string of the molecule is CC[C@H](C)c1ccccc1NC(=O)[C@H](C)OC(=O)COc1ccccc1C=O. The Labute approximate surface area is 164 Å². The highest BCUT2D eigenvalue weighted by Gasteiger charge is 2.20. The monoisotopic (exact) mass is 383 g/mol. The van der Waals surface area contributed by atoms with Crippen molar-refractivity contribution in [1.29, 1.82) is 0 Å². The summed E-state index contributed by atoms with van der Waals surface area (Å²) in [7, 11) is 0. The van der Waals surface area contributed by atoms with Gasteiger partial charge in [-0.1, -0.05) is 44.2 Å². The molecule has 0 saturated heterocycles. The van der Waals surface area contributed by atoms with Gasteiger partial charge < -0.3 is 14.8 Å². The zero-order valence-electron chi connectivity index (χ0n) is 16.3. The summed E-state index contributed by atoms with van der Waals surface area (Å²) in [6, 6.07) is 14.1. The van der Waals surface area contributed by atoms with Gasteiger partial charge in [0.15, 0.2) is 19.0 Å². The lowest BCUT2D eigenvalue weighted by atomic mass is 9.97. The van der Waals surface area contributed by atoms with E-state index in [9.17, 15) is 14.4 Å². The Morgan fingerprint density at radius 2 is 1.75 bits per heavy atom. The fourth-order valence-electron chi connectivity index (χ4n) is 2.63. The van der Waals surface area contributed by atoms with Crippen molar-refractivity contribution in [1.82, 2.24) is 0 Å². The topological polar surface area (TPSA) is 81.7 Å². The van der Waals surface area contributed by atoms with Gasteiger partial charge >= 0.3 is 5.97 Å². The summed E-state index contributed by atoms with van der Waals surface area (Å²) >= 11 is 0. The van der Waals surface area contributed by atoms with E-state index < -0.39 is 24.6 Å². The number of hydrogen-bond acceptors (Lipinski definition) is 5. The van der Waals surface area contributed by atoms with Gasteiger partial charge in [0, 0.05) is 5.69 Å². The first-order valence-electron chi connectivity index (χ1n) is 9.22. The number of carbonyl (C=O) groups is 3. The van der Waals surface area contributed by atoms with E-state index in [2.05, 4.69) is 19.2 Å². The second-order valence-corrected chi connectivity index (χ2v) is 6.46. The van der Waals surface area contributed by atoms with Crippen molar-refractivity contribution >= 4 is 23.9 Å². The number of carbonyl (C=O) groups excluding carboxylic acids is 3. The van der Waals surface area contributed by atoms with E-state index in [1.807, 2.05) is 24.3 Å². The maximum atomic E-state index is 12.4. The predicted octanol–water partition coefficient (Wildman–Crippen LogP) is 3.96. The van der Waals surface area contributed by atoms with Crippen LogP contribution in [-0.2, 0) is 14.3 Å². The number of rotatable bonds is 9. The molecule has 1 amide bonds. The molecule has 2 rings (SSSR count). The largest absolute Gasteiger partial charge is 0.481 e. The molecule has 0 heterocycles. The smallest absolute Gasteiger partial charge is 0.344 e. The molecule has 0 aromatic heterocycles. The molecule has 6 nitrogen and oxygen atoms in total. The first-order valence-corrected chi connectivity index (χ1v) is 9.22. The van der Waals surface area contributed by atoms with E-state index >= 15 is 0 Å². The zero-order chi connectivity index (χ0) is 20.5. The van der Waals surface area contributed by atoms with Gasteiger partial charge in [-0.25, -0.2) is 4.79 Å². The molecule has 0 spiro atoms. The lowest BCUT2D eigenvalue weighted by molar-refractivity contribution is -0.155. The van der Waals surface area contributed by atoms with Crippen molar-refractivity contribution in [3.8, 4) is 5.75 Å². The van der Waals surface area contributed by atoms with Crippen LogP contribution in [0.3, 0.4) is 0 Å². The predicted molar refractivity (Wildman–Crippen MR) is 107 cm³/mol. The van der Waals surface area contributed by atoms with Crippen LogP contribution >= 0.6 is 0 Å². The lowest BCUT2D eigenvalue weighted by Crippen LogP contribution is -2.32. The maximum absolute atomic E-state index is 12.4. The Morgan fingerprint density at radius 3 is 2.46 bits per heavy atom. The highest BCUT2D eigenvalue weighted by atomic mass is 16.6. The number of amides is 1. The third-order valence-electron chi connectivity index (χ3n) is 4.43. The molecule has 2 aromatic rings. The van der Waals surface area contributed by atoms with Crippen LogP contribution in [0.5, 0.6) is 5.75 Å². The molecule has 0 bridgehead atoms. The van der Waals surface area contributed by atoms with Gasteiger partial charge in [0.2, 0.25) is 0 Å². The molecular weight excluding hydrogens is 358 g/mol. The third kappa shape index (κ3) is 5.67. The fourth-order valence-corrected chi connectivity index (χ4v) is 2.63. The van der Waals surface area contributed by atoms with E-state index in [0.29, 0.717) is 23.5 Å². The van der Waals surface area contributed by atoms with E-state index in [1.54, 1.807) is 24.3 Å². The van der Waals surface area contributed by atoms with Crippen LogP contribution in [0.15, 0.2) is 48.5 Å². The molecule has 0 aliphatic rings. The summed E-state index contributed by atoms with van der Waals surface area (Å²) in [5.41, 5.74) is 2.08. The molecule has 0 aliphatic heterocycles. The standard InChI is InChI=1S/C22H25NO5/c1-4-15(2)18-10-6-7-11-19(18)23-22(26)16(3)28-21(25)14-27-20-12-8-5-9-17(20)13-24/h5-13,15-16H,4,14H2,1-3H3,(H,23,26)/t15-,16-/m0/s1. The third-order valence-corrected chi connectivity index (χ3v) is 4.43. The number of hydrogen-bond donors (Lipinski definition) is 1. The van der Waals surface area contributed by atoms with Gasteiger partial charge in [-0.05, 0) is 43.0 Å². The van der Waals surface area contributed by atoms with Crippen LogP contribution in [0, 0.1) is 0 Å². The van der Waals surface area contributed by atoms with Crippen LogP contribution < -0.4 is 10.1 Å². The minimum atomic E-state index is -0.984. The summed E-state index contributed by atoms with van der Waals surface area (Å²) in [6.45, 7) is 5.27. The van der Waals surface area contributed by atoms with Crippen molar-refractivity contribution in [2.75, 3.05) is 11.9 Å². The molecule has 0 radical (unpaired) electrons. The normalized spacial score (nSPS) is 12.5. The number of anilines is 1. The average molecular weight is 383 g/mol. The van der Waals surface area contributed by atoms with Gasteiger partial charge in [-0.3, -0.25) is 9.59 Å². The molecule has 2 aromatic carbocycles. The van der Waals surface area contributed by atoms with Crippen LogP contribution in [-0.4, -0.2) is 30.9 Å². The first-order chi connectivity index (χ1) is 13.5. The number of ether oxygens (including phenoxy) is 2. The molecule has 28 heavy (non-hydrogen) atoms. The van der Waals surface area contributed by atoms with Crippen LogP contribution in [0.4, 0.5) is 5.69 Å². The van der Waals surface area contributed by atoms with Gasteiger partial charge in [-0.15, -0.1) is 0 Å². The highest BCUT2D eigenvalue weighted by Crippen LogP contribution is 2.26. The van der Waals surface area contributed by atoms with Crippen molar-refractivity contribution in [3.05, 3.63) is 59.7 Å². The average Bonchev–Trinajstić information content (AvgIpc) is 2.72. The second kappa shape index (κ2) is 10.3. The number of esters is 1. The summed E-state index contributed by atoms with van der Waals surface area (Å²) in [5, 5.41) is 2.82. The number of para-hydroxylation sites is 2. The molecular formula is C22H25NO5. The van der Waals surface area contributed by atoms with E-state index in [1.165, 1.54) is 6.92 Å². The van der Waals surface area contributed by atoms with Crippen molar-refractivity contribution < 1.29 is 23.9 Å². The Hall–Kier alpha value is -3.15. The summed E-state index contributed by atoms with van der Waals surface area (Å²) in [6.07, 6.45) is 0.602. The summed E-state index contributed by atoms with van der Waals surface area (Å²) in [4.78, 5) is 35.4. The zero-order valence-corrected chi connectivity index (χ0v) is 16.3. The van der Waals surface area contributed by atoms with E-state index in [0.717, 1.165) is 12.0 Å². The van der Waals surface area contributed by atoms with Crippen molar-refractivity contribution in [2.45, 2.75) is 39.2 Å². The van der Waals surface area contributed by atoms with Gasteiger partial charge in [0.05, 0.1) is 5.56 Å². The van der Waals surface area contributed by atoms with Crippen LogP contribution in [0.25, 0.3) is 0 Å². The lowest BCUT2D eigenvalue weighted by Gasteiger charge is -2.18. The maximum Gasteiger partial charge on any atom is 0.344 e. The number of nitrogens with one attached hydrogen (secondary N) is 1. The molecule has 0 unspecified atom stereocenters. The van der Waals surface area contributed by atoms with Crippen molar-refractivity contribution in [2.24, 2.45) is 0 Å². The first kappa shape index (κ1) is 21.2. The van der Waals surface area contributed by atoms with Gasteiger partial charge in [0.1, 0.15) is 5.75 Å². The summed E-state index contributed by atoms with van der Waals surface area (Å²) < 4.78 is 10.5. The van der Waals surface area contributed by atoms with E-state index in [4.69, 9.17) is 9.47 Å². The minimum absolute atomic E-state index is 0.286. The van der Waals surface area contributed by atoms with E-state index in [-0.39, 0.29) is 5.75 Å². The Morgan fingerprint density at radius 1 is 1.07 bits per heavy atom. The Bertz CT molecular complexity index is 833. The quantitative estimate of drug-likeness (QED) is 0.523. The molecule has 0 aliphatic carbocycles. The molecule has 0 fully saturated rings. The van der Waals surface area contributed by atoms with Crippen LogP contribution in [0.1, 0.15) is 49.0 Å². The van der Waals surface area contributed by atoms with Gasteiger partial charge in [-0.2, -0.15) is 0 Å². The van der Waals surface area contributed by atoms with Gasteiger partial charge in [0.25, 0.3) is 5.91 Å².